The van der Waals surface area contributed by atoms with Gasteiger partial charge in [-0.25, -0.2) is 0 Å². The van der Waals surface area contributed by atoms with Gasteiger partial charge in [-0.3, -0.25) is 5.01 Å². The number of hydrogen-bond acceptors (Lipinski definition) is 3. The van der Waals surface area contributed by atoms with Crippen LogP contribution in [-0.2, 0) is 0 Å². The third kappa shape index (κ3) is 2.30. The first-order valence-electron chi connectivity index (χ1n) is 6.47. The van der Waals surface area contributed by atoms with Crippen LogP contribution in [0.5, 0.6) is 0 Å². The van der Waals surface area contributed by atoms with E-state index in [-0.39, 0.29) is 6.04 Å². The predicted molar refractivity (Wildman–Crippen MR) is 80.9 cm³/mol. The van der Waals surface area contributed by atoms with Crippen molar-refractivity contribution in [3.05, 3.63) is 70.7 Å². The Kier molecular flexibility index (Phi) is 3.47. The topological polar surface area (TPSA) is 35.8 Å². The lowest BCUT2D eigenvalue weighted by Gasteiger charge is -2.22. The molecule has 0 radical (unpaired) electrons. The summed E-state index contributed by atoms with van der Waals surface area (Å²) in [4.78, 5) is 0. The minimum absolute atomic E-state index is 0.151. The molecule has 4 heteroatoms. The number of rotatable bonds is 2. The zero-order valence-electron chi connectivity index (χ0n) is 11.1. The first kappa shape index (κ1) is 13.2. The van der Waals surface area contributed by atoms with Gasteiger partial charge in [0, 0.05) is 17.6 Å². The number of hydrogen-bond donors (Lipinski definition) is 1. The minimum atomic E-state index is -0.649. The molecule has 1 aliphatic rings. The summed E-state index contributed by atoms with van der Waals surface area (Å²) in [7, 11) is 1.88. The van der Waals surface area contributed by atoms with E-state index in [1.165, 1.54) is 0 Å². The molecule has 2 aromatic carbocycles. The van der Waals surface area contributed by atoms with Gasteiger partial charge >= 0.3 is 0 Å². The van der Waals surface area contributed by atoms with E-state index in [1.807, 2.05) is 66.7 Å². The van der Waals surface area contributed by atoms with Crippen molar-refractivity contribution >= 4 is 17.3 Å². The van der Waals surface area contributed by atoms with Crippen LogP contribution in [0.15, 0.2) is 59.7 Å². The monoisotopic (exact) mass is 286 g/mol. The molecule has 1 heterocycles. The summed E-state index contributed by atoms with van der Waals surface area (Å²) in [5, 5.41) is 17.6. The van der Waals surface area contributed by atoms with Crippen molar-refractivity contribution in [1.82, 2.24) is 5.01 Å². The molecular formula is C16H15ClN2O. The van der Waals surface area contributed by atoms with Crippen LogP contribution in [0.4, 0.5) is 0 Å². The molecule has 0 aromatic heterocycles. The van der Waals surface area contributed by atoms with Gasteiger partial charge in [0.1, 0.15) is 12.1 Å². The van der Waals surface area contributed by atoms with Crippen LogP contribution < -0.4 is 0 Å². The third-order valence-electron chi connectivity index (χ3n) is 3.53. The number of aliphatic hydroxyl groups excluding tert-OH is 1. The van der Waals surface area contributed by atoms with Crippen LogP contribution in [0.3, 0.4) is 0 Å². The largest absolute Gasteiger partial charge is 0.384 e. The fourth-order valence-corrected chi connectivity index (χ4v) is 2.67. The Morgan fingerprint density at radius 2 is 1.70 bits per heavy atom. The normalized spacial score (nSPS) is 21.9. The van der Waals surface area contributed by atoms with Crippen molar-refractivity contribution in [2.75, 3.05) is 7.05 Å². The highest BCUT2D eigenvalue weighted by molar-refractivity contribution is 6.30. The van der Waals surface area contributed by atoms with Crippen LogP contribution in [0, 0.1) is 0 Å². The van der Waals surface area contributed by atoms with Gasteiger partial charge in [-0.15, -0.1) is 0 Å². The van der Waals surface area contributed by atoms with Gasteiger partial charge in [0.05, 0.1) is 5.71 Å². The van der Waals surface area contributed by atoms with E-state index in [4.69, 9.17) is 11.6 Å². The quantitative estimate of drug-likeness (QED) is 0.921. The Bertz CT molecular complexity index is 625. The number of benzene rings is 2. The van der Waals surface area contributed by atoms with Crippen LogP contribution in [0.25, 0.3) is 0 Å². The van der Waals surface area contributed by atoms with E-state index >= 15 is 0 Å². The molecule has 0 bridgehead atoms. The van der Waals surface area contributed by atoms with Gasteiger partial charge < -0.3 is 5.11 Å². The van der Waals surface area contributed by atoms with E-state index < -0.39 is 6.10 Å². The highest BCUT2D eigenvalue weighted by Crippen LogP contribution is 2.31. The SMILES string of the molecule is CN1N=C(c2ccc(Cl)cc2)C(O)C1c1ccccc1. The summed E-state index contributed by atoms with van der Waals surface area (Å²) < 4.78 is 0. The zero-order chi connectivity index (χ0) is 14.1. The molecule has 2 aromatic rings. The number of likely N-dealkylation sites (N-methyl/N-ethyl adjacent to an activating group) is 1. The van der Waals surface area contributed by atoms with Gasteiger partial charge in [-0.1, -0.05) is 54.1 Å². The minimum Gasteiger partial charge on any atom is -0.384 e. The molecule has 2 unspecified atom stereocenters. The van der Waals surface area contributed by atoms with Crippen molar-refractivity contribution in [3.63, 3.8) is 0 Å². The van der Waals surface area contributed by atoms with Crippen molar-refractivity contribution in [3.8, 4) is 0 Å². The second-order valence-electron chi connectivity index (χ2n) is 4.87. The maximum absolute atomic E-state index is 10.6. The first-order valence-corrected chi connectivity index (χ1v) is 6.85. The molecule has 0 spiro atoms. The fraction of sp³-hybridized carbons (Fsp3) is 0.188. The average molecular weight is 287 g/mol. The number of nitrogens with zero attached hydrogens (tertiary/aromatic N) is 2. The molecule has 2 atom stereocenters. The summed E-state index contributed by atoms with van der Waals surface area (Å²) >= 11 is 5.90. The Labute approximate surface area is 123 Å². The van der Waals surface area contributed by atoms with Gasteiger partial charge in [0.25, 0.3) is 0 Å². The molecule has 0 amide bonds. The van der Waals surface area contributed by atoms with Gasteiger partial charge in [-0.2, -0.15) is 5.10 Å². The first-order chi connectivity index (χ1) is 9.66. The summed E-state index contributed by atoms with van der Waals surface area (Å²) in [6, 6.07) is 17.1. The van der Waals surface area contributed by atoms with Crippen LogP contribution in [0.2, 0.25) is 5.02 Å². The Morgan fingerprint density at radius 3 is 2.35 bits per heavy atom. The fourth-order valence-electron chi connectivity index (χ4n) is 2.54. The molecule has 0 aliphatic carbocycles. The van der Waals surface area contributed by atoms with Crippen LogP contribution in [0.1, 0.15) is 17.2 Å². The molecule has 3 nitrogen and oxygen atoms in total. The smallest absolute Gasteiger partial charge is 0.124 e. The Balaban J connectivity index is 1.93. The number of halogens is 1. The molecule has 1 N–H and O–H groups in total. The second kappa shape index (κ2) is 5.27. The van der Waals surface area contributed by atoms with Crippen molar-refractivity contribution in [1.29, 1.82) is 0 Å². The lowest BCUT2D eigenvalue weighted by molar-refractivity contribution is 0.139. The molecule has 3 rings (SSSR count). The maximum atomic E-state index is 10.6. The Morgan fingerprint density at radius 1 is 1.05 bits per heavy atom. The average Bonchev–Trinajstić information content (AvgIpc) is 2.76. The van der Waals surface area contributed by atoms with E-state index in [9.17, 15) is 5.11 Å². The second-order valence-corrected chi connectivity index (χ2v) is 5.30. The van der Waals surface area contributed by atoms with Crippen molar-refractivity contribution < 1.29 is 5.11 Å². The standard InChI is InChI=1S/C16H15ClN2O/c1-19-15(12-5-3-2-4-6-12)16(20)14(18-19)11-7-9-13(17)10-8-11/h2-10,15-16,20H,1H3. The number of hydrazone groups is 1. The highest BCUT2D eigenvalue weighted by Gasteiger charge is 2.35. The molecule has 20 heavy (non-hydrogen) atoms. The van der Waals surface area contributed by atoms with Crippen molar-refractivity contribution in [2.45, 2.75) is 12.1 Å². The molecular weight excluding hydrogens is 272 g/mol. The summed E-state index contributed by atoms with van der Waals surface area (Å²) in [5.41, 5.74) is 2.63. The molecule has 0 fully saturated rings. The summed E-state index contributed by atoms with van der Waals surface area (Å²) in [5.74, 6) is 0. The highest BCUT2D eigenvalue weighted by atomic mass is 35.5. The van der Waals surface area contributed by atoms with Crippen molar-refractivity contribution in [2.24, 2.45) is 5.10 Å². The molecule has 102 valence electrons. The van der Waals surface area contributed by atoms with Gasteiger partial charge in [0.2, 0.25) is 0 Å². The lowest BCUT2D eigenvalue weighted by atomic mass is 9.96. The molecule has 0 saturated carbocycles. The molecule has 1 aliphatic heterocycles. The van der Waals surface area contributed by atoms with E-state index in [2.05, 4.69) is 5.10 Å². The van der Waals surface area contributed by atoms with E-state index in [0.717, 1.165) is 11.1 Å². The van der Waals surface area contributed by atoms with Gasteiger partial charge in [0.15, 0.2) is 0 Å². The lowest BCUT2D eigenvalue weighted by Crippen LogP contribution is -2.28. The van der Waals surface area contributed by atoms with Crippen LogP contribution in [-0.4, -0.2) is 29.0 Å². The van der Waals surface area contributed by atoms with E-state index in [0.29, 0.717) is 10.7 Å². The summed E-state index contributed by atoms with van der Waals surface area (Å²) in [6.07, 6.45) is -0.649. The maximum Gasteiger partial charge on any atom is 0.124 e. The Hall–Kier alpha value is -1.84. The summed E-state index contributed by atoms with van der Waals surface area (Å²) in [6.45, 7) is 0. The third-order valence-corrected chi connectivity index (χ3v) is 3.78. The zero-order valence-corrected chi connectivity index (χ0v) is 11.8. The number of aliphatic hydroxyl groups is 1. The van der Waals surface area contributed by atoms with Crippen LogP contribution >= 0.6 is 11.6 Å². The molecule has 0 saturated heterocycles. The van der Waals surface area contributed by atoms with E-state index in [1.54, 1.807) is 0 Å². The van der Waals surface area contributed by atoms with Gasteiger partial charge in [-0.05, 0) is 17.7 Å². The predicted octanol–water partition coefficient (Wildman–Crippen LogP) is 3.09.